The Morgan fingerprint density at radius 1 is 1.09 bits per heavy atom. The van der Waals surface area contributed by atoms with E-state index in [2.05, 4.69) is 6.07 Å². The van der Waals surface area contributed by atoms with Crippen molar-refractivity contribution in [2.75, 3.05) is 24.5 Å². The van der Waals surface area contributed by atoms with Gasteiger partial charge in [0.2, 0.25) is 0 Å². The van der Waals surface area contributed by atoms with Gasteiger partial charge in [-0.15, -0.1) is 0 Å². The highest BCUT2D eigenvalue weighted by Gasteiger charge is 2.31. The molecule has 0 spiro atoms. The van der Waals surface area contributed by atoms with Crippen LogP contribution in [0.3, 0.4) is 0 Å². The molecule has 0 atom stereocenters. The number of fused-ring (bicyclic) bond motifs is 2. The van der Waals surface area contributed by atoms with E-state index in [1.54, 1.807) is 11.8 Å². The Balaban J connectivity index is 1.74. The number of nitrogens with one attached hydrogen (secondary N) is 1. The van der Waals surface area contributed by atoms with Crippen molar-refractivity contribution in [2.24, 2.45) is 0 Å². The van der Waals surface area contributed by atoms with Gasteiger partial charge in [-0.05, 0) is 30.3 Å². The first kappa shape index (κ1) is 15.1. The normalized spacial score (nSPS) is 17.0. The van der Waals surface area contributed by atoms with Gasteiger partial charge >= 0.3 is 0 Å². The fraction of sp³-hybridized carbons (Fsp3) is 0.278. The number of rotatable bonds is 2. The van der Waals surface area contributed by atoms with Crippen LogP contribution in [-0.2, 0) is 4.79 Å². The molecule has 0 aliphatic carbocycles. The predicted molar refractivity (Wildman–Crippen MR) is 94.0 cm³/mol. The molecule has 118 valence electrons. The molecular weight excluding hydrogens is 328 g/mol. The van der Waals surface area contributed by atoms with Crippen LogP contribution >= 0.6 is 23.4 Å². The highest BCUT2D eigenvalue weighted by atomic mass is 35.5. The summed E-state index contributed by atoms with van der Waals surface area (Å²) in [6.07, 6.45) is 2.44. The van der Waals surface area contributed by atoms with Crippen LogP contribution in [0.15, 0.2) is 52.3 Å². The number of amides is 1. The average molecular weight is 346 g/mol. The summed E-state index contributed by atoms with van der Waals surface area (Å²) in [6.45, 7) is 2.74. The number of anilines is 2. The Kier molecular flexibility index (Phi) is 4.05. The highest BCUT2D eigenvalue weighted by Crippen LogP contribution is 2.48. The van der Waals surface area contributed by atoms with Crippen molar-refractivity contribution < 1.29 is 9.69 Å². The van der Waals surface area contributed by atoms with Crippen molar-refractivity contribution in [2.45, 2.75) is 22.6 Å². The summed E-state index contributed by atoms with van der Waals surface area (Å²) in [5, 5.41) is 0.662. The lowest BCUT2D eigenvalue weighted by Crippen LogP contribution is -3.11. The lowest BCUT2D eigenvalue weighted by molar-refractivity contribution is -0.878. The van der Waals surface area contributed by atoms with Crippen LogP contribution in [-0.4, -0.2) is 25.5 Å². The van der Waals surface area contributed by atoms with Gasteiger partial charge in [-0.2, -0.15) is 0 Å². The predicted octanol–water partition coefficient (Wildman–Crippen LogP) is 3.15. The van der Waals surface area contributed by atoms with Gasteiger partial charge in [-0.1, -0.05) is 35.5 Å². The first-order chi connectivity index (χ1) is 11.2. The summed E-state index contributed by atoms with van der Waals surface area (Å²) in [5.74, 6) is 0.151. The summed E-state index contributed by atoms with van der Waals surface area (Å²) >= 11 is 7.89. The Morgan fingerprint density at radius 3 is 2.65 bits per heavy atom. The number of likely N-dealkylation sites (tertiary alicyclic amines) is 1. The number of carbonyl (C=O) groups is 1. The van der Waals surface area contributed by atoms with Gasteiger partial charge in [0.15, 0.2) is 6.54 Å². The number of carbonyl (C=O) groups excluding carboxylic acids is 1. The minimum Gasteiger partial charge on any atom is -0.327 e. The molecule has 2 aliphatic rings. The molecule has 0 bridgehead atoms. The molecule has 3 nitrogen and oxygen atoms in total. The molecule has 1 N–H and O–H groups in total. The quantitative estimate of drug-likeness (QED) is 0.904. The molecule has 1 fully saturated rings. The van der Waals surface area contributed by atoms with Crippen LogP contribution in [0.5, 0.6) is 0 Å². The average Bonchev–Trinajstić information content (AvgIpc) is 3.05. The summed E-state index contributed by atoms with van der Waals surface area (Å²) < 4.78 is 0. The minimum absolute atomic E-state index is 0.151. The first-order valence-corrected chi connectivity index (χ1v) is 9.15. The molecule has 0 saturated carbocycles. The zero-order chi connectivity index (χ0) is 15.8. The fourth-order valence-electron chi connectivity index (χ4n) is 3.34. The van der Waals surface area contributed by atoms with E-state index >= 15 is 0 Å². The second-order valence-electron chi connectivity index (χ2n) is 6.04. The van der Waals surface area contributed by atoms with E-state index in [9.17, 15) is 4.79 Å². The summed E-state index contributed by atoms with van der Waals surface area (Å²) in [4.78, 5) is 18.5. The van der Waals surface area contributed by atoms with Crippen molar-refractivity contribution in [3.05, 3.63) is 47.5 Å². The third-order valence-corrected chi connectivity index (χ3v) is 5.81. The van der Waals surface area contributed by atoms with E-state index in [-0.39, 0.29) is 5.91 Å². The Labute approximate surface area is 145 Å². The maximum atomic E-state index is 13.0. The molecular formula is C18H18ClN2OS+. The van der Waals surface area contributed by atoms with E-state index in [1.165, 1.54) is 17.7 Å². The van der Waals surface area contributed by atoms with Crippen LogP contribution in [0.1, 0.15) is 12.8 Å². The molecule has 4 rings (SSSR count). The highest BCUT2D eigenvalue weighted by molar-refractivity contribution is 7.99. The largest absolute Gasteiger partial charge is 0.327 e. The molecule has 2 aliphatic heterocycles. The molecule has 1 amide bonds. The third-order valence-electron chi connectivity index (χ3n) is 4.45. The molecule has 0 aromatic heterocycles. The maximum absolute atomic E-state index is 13.0. The zero-order valence-corrected chi connectivity index (χ0v) is 14.3. The number of nitrogens with zero attached hydrogens (tertiary/aromatic N) is 1. The number of halogens is 1. The van der Waals surface area contributed by atoms with Crippen LogP contribution < -0.4 is 9.80 Å². The van der Waals surface area contributed by atoms with Crippen molar-refractivity contribution >= 4 is 40.6 Å². The van der Waals surface area contributed by atoms with Crippen LogP contribution in [0.25, 0.3) is 0 Å². The zero-order valence-electron chi connectivity index (χ0n) is 12.7. The first-order valence-electron chi connectivity index (χ1n) is 7.95. The Bertz CT molecular complexity index is 758. The topological polar surface area (TPSA) is 24.8 Å². The van der Waals surface area contributed by atoms with E-state index in [4.69, 9.17) is 11.6 Å². The molecule has 1 saturated heterocycles. The molecule has 2 aromatic carbocycles. The van der Waals surface area contributed by atoms with Crippen LogP contribution in [0.4, 0.5) is 11.4 Å². The lowest BCUT2D eigenvalue weighted by Gasteiger charge is -2.31. The maximum Gasteiger partial charge on any atom is 0.286 e. The molecule has 0 radical (unpaired) electrons. The molecule has 0 unspecified atom stereocenters. The number of quaternary nitrogens is 1. The Hall–Kier alpha value is -1.49. The van der Waals surface area contributed by atoms with Crippen LogP contribution in [0.2, 0.25) is 5.02 Å². The van der Waals surface area contributed by atoms with Gasteiger partial charge in [0, 0.05) is 27.7 Å². The second kappa shape index (κ2) is 6.19. The SMILES string of the molecule is O=C(C[NH+]1CCCC1)N1c2ccccc2Sc2ccc(Cl)cc21. The number of para-hydroxylation sites is 1. The minimum atomic E-state index is 0.151. The standard InChI is InChI=1S/C18H17ClN2OS/c19-13-7-8-17-15(11-13)21(14-5-1-2-6-16(14)23-17)18(22)12-20-9-3-4-10-20/h1-2,5-8,11H,3-4,9-10,12H2/p+1. The summed E-state index contributed by atoms with van der Waals surface area (Å²) in [7, 11) is 0. The van der Waals surface area contributed by atoms with Crippen molar-refractivity contribution in [3.8, 4) is 0 Å². The monoisotopic (exact) mass is 345 g/mol. The van der Waals surface area contributed by atoms with Crippen LogP contribution in [0, 0.1) is 0 Å². The number of hydrogen-bond donors (Lipinski definition) is 1. The van der Waals surface area contributed by atoms with Crippen molar-refractivity contribution in [1.82, 2.24) is 0 Å². The van der Waals surface area contributed by atoms with Gasteiger partial charge < -0.3 is 4.90 Å². The van der Waals surface area contributed by atoms with E-state index in [1.807, 2.05) is 41.3 Å². The van der Waals surface area contributed by atoms with Gasteiger partial charge in [-0.3, -0.25) is 9.69 Å². The molecule has 23 heavy (non-hydrogen) atoms. The fourth-order valence-corrected chi connectivity index (χ4v) is 4.55. The molecule has 5 heteroatoms. The molecule has 2 heterocycles. The second-order valence-corrected chi connectivity index (χ2v) is 7.57. The van der Waals surface area contributed by atoms with Gasteiger partial charge in [0.25, 0.3) is 5.91 Å². The van der Waals surface area contributed by atoms with Gasteiger partial charge in [-0.25, -0.2) is 0 Å². The Morgan fingerprint density at radius 2 is 1.83 bits per heavy atom. The van der Waals surface area contributed by atoms with Gasteiger partial charge in [0.05, 0.1) is 24.5 Å². The third kappa shape index (κ3) is 2.87. The number of benzene rings is 2. The smallest absolute Gasteiger partial charge is 0.286 e. The lowest BCUT2D eigenvalue weighted by atomic mass is 10.2. The number of hydrogen-bond acceptors (Lipinski definition) is 2. The van der Waals surface area contributed by atoms with Crippen molar-refractivity contribution in [1.29, 1.82) is 0 Å². The summed E-state index contributed by atoms with van der Waals surface area (Å²) in [5.41, 5.74) is 1.88. The van der Waals surface area contributed by atoms with E-state index < -0.39 is 0 Å². The van der Waals surface area contributed by atoms with E-state index in [0.717, 1.165) is 34.3 Å². The summed E-state index contributed by atoms with van der Waals surface area (Å²) in [6, 6.07) is 13.9. The molecule has 2 aromatic rings. The van der Waals surface area contributed by atoms with Crippen molar-refractivity contribution in [3.63, 3.8) is 0 Å². The van der Waals surface area contributed by atoms with Gasteiger partial charge in [0.1, 0.15) is 0 Å². The van der Waals surface area contributed by atoms with E-state index in [0.29, 0.717) is 11.6 Å².